The molecule has 0 aromatic heterocycles. The lowest BCUT2D eigenvalue weighted by Crippen LogP contribution is -2.48. The Morgan fingerprint density at radius 2 is 1.21 bits per heavy atom. The van der Waals surface area contributed by atoms with Gasteiger partial charge in [0.1, 0.15) is 0 Å². The molecule has 0 aromatic rings. The van der Waals surface area contributed by atoms with Gasteiger partial charge in [0.25, 0.3) is 20.2 Å². The molecule has 0 aliphatic rings. The number of alkyl halides is 3. The second kappa shape index (κ2) is 3.93. The summed E-state index contributed by atoms with van der Waals surface area (Å²) in [7, 11) is -9.56. The summed E-state index contributed by atoms with van der Waals surface area (Å²) in [6.45, 7) is 0.847. The summed E-state index contributed by atoms with van der Waals surface area (Å²) in [5.41, 5.74) is 0. The monoisotopic (exact) mass is 438 g/mol. The lowest BCUT2D eigenvalue weighted by Gasteiger charge is -2.30. The molecule has 1 atom stereocenters. The molecule has 0 heterocycles. The van der Waals surface area contributed by atoms with Crippen molar-refractivity contribution >= 4 is 68.0 Å². The van der Waals surface area contributed by atoms with E-state index >= 15 is 0 Å². The Kier molecular flexibility index (Phi) is 4.28. The van der Waals surface area contributed by atoms with Crippen molar-refractivity contribution in [1.29, 1.82) is 0 Å². The fourth-order valence-corrected chi connectivity index (χ4v) is 3.61. The summed E-state index contributed by atoms with van der Waals surface area (Å²) in [4.78, 5) is 0. The second-order valence-corrected chi connectivity index (χ2v) is 12.3. The van der Waals surface area contributed by atoms with Crippen molar-refractivity contribution in [2.45, 2.75) is 13.1 Å². The predicted molar refractivity (Wildman–Crippen MR) is 61.0 cm³/mol. The predicted octanol–water partition coefficient (Wildman–Crippen LogP) is 1.32. The third kappa shape index (κ3) is 2.50. The molecule has 0 aliphatic heterocycles. The Morgan fingerprint density at radius 3 is 1.29 bits per heavy atom. The van der Waals surface area contributed by atoms with Crippen molar-refractivity contribution < 1.29 is 25.9 Å². The summed E-state index contributed by atoms with van der Waals surface area (Å²) in [5, 5.41) is 0. The van der Waals surface area contributed by atoms with Gasteiger partial charge in [-0.3, -0.25) is 9.11 Å². The van der Waals surface area contributed by atoms with Gasteiger partial charge in [-0.1, -0.05) is 15.9 Å². The third-order valence-electron chi connectivity index (χ3n) is 1.33. The van der Waals surface area contributed by atoms with Crippen LogP contribution in [-0.2, 0) is 20.2 Å². The van der Waals surface area contributed by atoms with Gasteiger partial charge in [0.15, 0.2) is 3.66 Å². The van der Waals surface area contributed by atoms with Crippen LogP contribution in [0.15, 0.2) is 0 Å². The van der Waals surface area contributed by atoms with Gasteiger partial charge in [-0.15, -0.1) is 0 Å². The number of rotatable bonds is 3. The lowest BCUT2D eigenvalue weighted by atomic mass is 10.5. The molecular formula is C3H5Br3O6S2. The van der Waals surface area contributed by atoms with Gasteiger partial charge in [-0.2, -0.15) is 16.8 Å². The summed E-state index contributed by atoms with van der Waals surface area (Å²) < 4.78 is 55.9. The van der Waals surface area contributed by atoms with Crippen molar-refractivity contribution in [3.05, 3.63) is 0 Å². The van der Waals surface area contributed by atoms with E-state index in [9.17, 15) is 16.8 Å². The van der Waals surface area contributed by atoms with Gasteiger partial charge in [-0.05, 0) is 38.8 Å². The highest BCUT2D eigenvalue weighted by atomic mass is 79.9. The Labute approximate surface area is 106 Å². The summed E-state index contributed by atoms with van der Waals surface area (Å²) in [6.07, 6.45) is 0. The highest BCUT2D eigenvalue weighted by molar-refractivity contribution is 9.29. The first-order chi connectivity index (χ1) is 5.75. The summed E-state index contributed by atoms with van der Waals surface area (Å²) in [6, 6.07) is 0. The second-order valence-electron chi connectivity index (χ2n) is 2.38. The minimum atomic E-state index is -4.80. The SMILES string of the molecule is CC(Br)(C(Br)(Br)S(=O)(=O)O)S(=O)(=O)O. The normalized spacial score (nSPS) is 19.0. The fourth-order valence-electron chi connectivity index (χ4n) is 0.381. The minimum Gasteiger partial charge on any atom is -0.284 e. The van der Waals surface area contributed by atoms with Gasteiger partial charge in [0.05, 0.1) is 0 Å². The molecule has 0 aliphatic carbocycles. The van der Waals surface area contributed by atoms with Crippen LogP contribution in [0.3, 0.4) is 0 Å². The molecule has 0 fully saturated rings. The van der Waals surface area contributed by atoms with Gasteiger partial charge in [0, 0.05) is 0 Å². The zero-order valence-electron chi connectivity index (χ0n) is 6.48. The Morgan fingerprint density at radius 1 is 0.929 bits per heavy atom. The van der Waals surface area contributed by atoms with Crippen LogP contribution >= 0.6 is 47.8 Å². The number of hydrogen-bond donors (Lipinski definition) is 2. The van der Waals surface area contributed by atoms with E-state index in [1.165, 1.54) is 0 Å². The first-order valence-electron chi connectivity index (χ1n) is 2.76. The standard InChI is InChI=1S/C3H5Br3O6S2/c1-2(4,13(7,8)9)3(5,6)14(10,11)12/h1H3,(H,7,8,9)(H,10,11,12). The molecule has 14 heavy (non-hydrogen) atoms. The van der Waals surface area contributed by atoms with Gasteiger partial charge >= 0.3 is 0 Å². The summed E-state index contributed by atoms with van der Waals surface area (Å²) in [5.74, 6) is 0. The molecule has 0 spiro atoms. The molecular weight excluding hydrogens is 436 g/mol. The first kappa shape index (κ1) is 15.3. The zero-order valence-corrected chi connectivity index (χ0v) is 12.9. The van der Waals surface area contributed by atoms with Gasteiger partial charge < -0.3 is 0 Å². The van der Waals surface area contributed by atoms with Crippen LogP contribution in [0.5, 0.6) is 0 Å². The molecule has 1 unspecified atom stereocenters. The molecule has 6 nitrogen and oxygen atoms in total. The molecule has 11 heteroatoms. The molecule has 0 radical (unpaired) electrons. The van der Waals surface area contributed by atoms with Gasteiger partial charge in [0.2, 0.25) is 2.57 Å². The van der Waals surface area contributed by atoms with E-state index in [1.54, 1.807) is 0 Å². The van der Waals surface area contributed by atoms with Crippen LogP contribution < -0.4 is 0 Å². The van der Waals surface area contributed by atoms with Crippen molar-refractivity contribution in [2.75, 3.05) is 0 Å². The highest BCUT2D eigenvalue weighted by Gasteiger charge is 2.60. The van der Waals surface area contributed by atoms with Crippen molar-refractivity contribution in [3.8, 4) is 0 Å². The molecule has 0 bridgehead atoms. The zero-order chi connectivity index (χ0) is 12.0. The van der Waals surface area contributed by atoms with E-state index in [-0.39, 0.29) is 0 Å². The van der Waals surface area contributed by atoms with Crippen molar-refractivity contribution in [3.63, 3.8) is 0 Å². The van der Waals surface area contributed by atoms with Crippen LogP contribution in [-0.4, -0.2) is 32.2 Å². The van der Waals surface area contributed by atoms with E-state index in [4.69, 9.17) is 9.11 Å². The fraction of sp³-hybridized carbons (Fsp3) is 1.00. The maximum atomic E-state index is 10.8. The lowest BCUT2D eigenvalue weighted by molar-refractivity contribution is 0.450. The highest BCUT2D eigenvalue weighted by Crippen LogP contribution is 2.49. The Bertz CT molecular complexity index is 377. The molecule has 2 N–H and O–H groups in total. The van der Waals surface area contributed by atoms with E-state index in [0.29, 0.717) is 0 Å². The molecule has 0 saturated carbocycles. The van der Waals surface area contributed by atoms with Crippen LogP contribution in [0, 0.1) is 0 Å². The van der Waals surface area contributed by atoms with Gasteiger partial charge in [-0.25, -0.2) is 0 Å². The maximum absolute atomic E-state index is 10.8. The Hall–Kier alpha value is 1.26. The molecule has 0 rings (SSSR count). The van der Waals surface area contributed by atoms with Crippen molar-refractivity contribution in [2.24, 2.45) is 0 Å². The van der Waals surface area contributed by atoms with Crippen LogP contribution in [0.4, 0.5) is 0 Å². The summed E-state index contributed by atoms with van der Waals surface area (Å²) >= 11 is 7.39. The Balaban J connectivity index is 5.79. The number of halogens is 3. The molecule has 0 amide bonds. The van der Waals surface area contributed by atoms with E-state index < -0.39 is 26.5 Å². The van der Waals surface area contributed by atoms with E-state index in [2.05, 4.69) is 47.8 Å². The van der Waals surface area contributed by atoms with E-state index in [0.717, 1.165) is 6.92 Å². The van der Waals surface area contributed by atoms with Crippen molar-refractivity contribution in [1.82, 2.24) is 0 Å². The average molecular weight is 441 g/mol. The van der Waals surface area contributed by atoms with Crippen LogP contribution in [0.2, 0.25) is 0 Å². The maximum Gasteiger partial charge on any atom is 0.293 e. The number of hydrogen-bond acceptors (Lipinski definition) is 4. The average Bonchev–Trinajstić information content (AvgIpc) is 1.81. The molecule has 86 valence electrons. The quantitative estimate of drug-likeness (QED) is 0.506. The molecule has 0 saturated heterocycles. The molecule has 0 aromatic carbocycles. The van der Waals surface area contributed by atoms with Crippen LogP contribution in [0.1, 0.15) is 6.92 Å². The largest absolute Gasteiger partial charge is 0.293 e. The minimum absolute atomic E-state index is 0.847. The smallest absolute Gasteiger partial charge is 0.284 e. The third-order valence-corrected chi connectivity index (χ3v) is 11.5. The topological polar surface area (TPSA) is 109 Å². The first-order valence-corrected chi connectivity index (χ1v) is 8.02. The van der Waals surface area contributed by atoms with Crippen LogP contribution in [0.25, 0.3) is 0 Å². The van der Waals surface area contributed by atoms with E-state index in [1.807, 2.05) is 0 Å².